The SMILES string of the molecule is O=P([O-])([O-])OC[C@H]1O[C@@H](O)[C@H](O)[C@@H]1O. The molecule has 84 valence electrons. The molecule has 4 atom stereocenters. The first kappa shape index (κ1) is 12.0. The number of ether oxygens (including phenoxy) is 1. The molecule has 1 aliphatic heterocycles. The molecule has 14 heavy (non-hydrogen) atoms. The van der Waals surface area contributed by atoms with E-state index in [1.165, 1.54) is 0 Å². The van der Waals surface area contributed by atoms with Gasteiger partial charge in [-0.2, -0.15) is 0 Å². The fraction of sp³-hybridized carbons (Fsp3) is 1.00. The molecule has 0 spiro atoms. The predicted octanol–water partition coefficient (Wildman–Crippen LogP) is -3.73. The van der Waals surface area contributed by atoms with Crippen LogP contribution in [0.15, 0.2) is 0 Å². The molecule has 1 rings (SSSR count). The van der Waals surface area contributed by atoms with Crippen LogP contribution in [0.2, 0.25) is 0 Å². The summed E-state index contributed by atoms with van der Waals surface area (Å²) in [6.45, 7) is -0.737. The van der Waals surface area contributed by atoms with Crippen molar-refractivity contribution in [3.63, 3.8) is 0 Å². The van der Waals surface area contributed by atoms with Crippen molar-refractivity contribution in [1.82, 2.24) is 0 Å². The molecule has 1 heterocycles. The molecule has 0 radical (unpaired) electrons. The number of hydrogen-bond acceptors (Lipinski definition) is 8. The highest BCUT2D eigenvalue weighted by Crippen LogP contribution is 2.28. The summed E-state index contributed by atoms with van der Waals surface area (Å²) >= 11 is 0. The predicted molar refractivity (Wildman–Crippen MR) is 36.5 cm³/mol. The Hall–Kier alpha value is -0.0500. The zero-order chi connectivity index (χ0) is 10.9. The Bertz CT molecular complexity index is 238. The van der Waals surface area contributed by atoms with Gasteiger partial charge >= 0.3 is 0 Å². The molecule has 8 nitrogen and oxygen atoms in total. The van der Waals surface area contributed by atoms with Crippen molar-refractivity contribution in [2.75, 3.05) is 6.61 Å². The normalized spacial score (nSPS) is 38.9. The van der Waals surface area contributed by atoms with Gasteiger partial charge in [-0.05, 0) is 0 Å². The van der Waals surface area contributed by atoms with E-state index in [0.29, 0.717) is 0 Å². The molecule has 0 aromatic rings. The van der Waals surface area contributed by atoms with E-state index in [2.05, 4.69) is 9.26 Å². The number of rotatable bonds is 3. The Morgan fingerprint density at radius 3 is 2.21 bits per heavy atom. The molecule has 0 bridgehead atoms. The molecule has 0 saturated carbocycles. The summed E-state index contributed by atoms with van der Waals surface area (Å²) in [6, 6.07) is 0. The smallest absolute Gasteiger partial charge is 0.184 e. The standard InChI is InChI=1S/C5H11O8P/c6-3-2(1-12-14(9,10)11)13-5(8)4(3)7/h2-8H,1H2,(H2,9,10,11)/p-2/t2-,3-,4-,5-/m1/s1. The lowest BCUT2D eigenvalue weighted by atomic mass is 10.1. The average Bonchev–Trinajstić information content (AvgIpc) is 2.28. The summed E-state index contributed by atoms with van der Waals surface area (Å²) in [5.74, 6) is 0. The van der Waals surface area contributed by atoms with E-state index in [1.54, 1.807) is 0 Å². The minimum atomic E-state index is -5.14. The summed E-state index contributed by atoms with van der Waals surface area (Å²) < 4.78 is 18.4. The van der Waals surface area contributed by atoms with Crippen molar-refractivity contribution >= 4 is 7.82 Å². The first-order chi connectivity index (χ1) is 6.31. The Morgan fingerprint density at radius 1 is 1.29 bits per heavy atom. The van der Waals surface area contributed by atoms with Crippen LogP contribution in [-0.4, -0.2) is 46.5 Å². The molecule has 0 aromatic heterocycles. The number of hydrogen-bond donors (Lipinski definition) is 3. The summed E-state index contributed by atoms with van der Waals surface area (Å²) in [5.41, 5.74) is 0. The number of aliphatic hydroxyl groups excluding tert-OH is 3. The van der Waals surface area contributed by atoms with Gasteiger partial charge in [0.25, 0.3) is 0 Å². The molecule has 1 saturated heterocycles. The Balaban J connectivity index is 2.44. The van der Waals surface area contributed by atoms with Crippen LogP contribution in [0.5, 0.6) is 0 Å². The minimum absolute atomic E-state index is 0.737. The van der Waals surface area contributed by atoms with Crippen molar-refractivity contribution in [2.45, 2.75) is 24.6 Å². The van der Waals surface area contributed by atoms with Gasteiger partial charge in [0.05, 0.1) is 14.4 Å². The lowest BCUT2D eigenvalue weighted by Crippen LogP contribution is -2.35. The Labute approximate surface area is 78.9 Å². The van der Waals surface area contributed by atoms with Crippen LogP contribution in [0, 0.1) is 0 Å². The maximum Gasteiger partial charge on any atom is 0.184 e. The van der Waals surface area contributed by atoms with Crippen LogP contribution >= 0.6 is 7.82 Å². The molecule has 0 aliphatic carbocycles. The third kappa shape index (κ3) is 2.97. The van der Waals surface area contributed by atoms with Crippen molar-refractivity contribution < 1.29 is 38.9 Å². The summed E-state index contributed by atoms with van der Waals surface area (Å²) in [7, 11) is -5.14. The van der Waals surface area contributed by atoms with E-state index >= 15 is 0 Å². The van der Waals surface area contributed by atoms with Crippen LogP contribution < -0.4 is 9.79 Å². The average molecular weight is 228 g/mol. The van der Waals surface area contributed by atoms with E-state index < -0.39 is 39.0 Å². The van der Waals surface area contributed by atoms with Gasteiger partial charge in [0.2, 0.25) is 0 Å². The van der Waals surface area contributed by atoms with Gasteiger partial charge in [0.1, 0.15) is 18.3 Å². The molecule has 1 aliphatic rings. The van der Waals surface area contributed by atoms with E-state index in [0.717, 1.165) is 0 Å². The quantitative estimate of drug-likeness (QED) is 0.418. The van der Waals surface area contributed by atoms with E-state index in [4.69, 9.17) is 15.3 Å². The highest BCUT2D eigenvalue weighted by Gasteiger charge is 2.41. The van der Waals surface area contributed by atoms with Crippen LogP contribution in [0.25, 0.3) is 0 Å². The number of phosphoric acid groups is 1. The number of phosphoric ester groups is 1. The van der Waals surface area contributed by atoms with Gasteiger partial charge in [0, 0.05) is 0 Å². The van der Waals surface area contributed by atoms with Crippen molar-refractivity contribution in [2.24, 2.45) is 0 Å². The topological polar surface area (TPSA) is 142 Å². The highest BCUT2D eigenvalue weighted by molar-refractivity contribution is 7.43. The first-order valence-corrected chi connectivity index (χ1v) is 5.13. The van der Waals surface area contributed by atoms with Crippen molar-refractivity contribution in [3.05, 3.63) is 0 Å². The Kier molecular flexibility index (Phi) is 3.62. The second-order valence-electron chi connectivity index (χ2n) is 2.79. The molecule has 0 aromatic carbocycles. The molecular weight excluding hydrogens is 219 g/mol. The zero-order valence-corrected chi connectivity index (χ0v) is 7.74. The van der Waals surface area contributed by atoms with Crippen LogP contribution in [-0.2, 0) is 13.8 Å². The van der Waals surface area contributed by atoms with E-state index in [9.17, 15) is 14.4 Å². The summed E-state index contributed by atoms with van der Waals surface area (Å²) in [6.07, 6.45) is -5.88. The van der Waals surface area contributed by atoms with Crippen LogP contribution in [0.3, 0.4) is 0 Å². The van der Waals surface area contributed by atoms with Gasteiger partial charge in [0.15, 0.2) is 6.29 Å². The molecular formula is C5H9O8P-2. The minimum Gasteiger partial charge on any atom is -0.790 e. The first-order valence-electron chi connectivity index (χ1n) is 3.67. The number of aliphatic hydroxyl groups is 3. The summed E-state index contributed by atoms with van der Waals surface area (Å²) in [4.78, 5) is 20.1. The maximum atomic E-state index is 10.0. The molecule has 1 fully saturated rings. The second-order valence-corrected chi connectivity index (χ2v) is 3.94. The van der Waals surface area contributed by atoms with E-state index in [1.807, 2.05) is 0 Å². The van der Waals surface area contributed by atoms with Gasteiger partial charge in [-0.1, -0.05) is 0 Å². The lowest BCUT2D eigenvalue weighted by Gasteiger charge is -2.30. The molecule has 3 N–H and O–H groups in total. The zero-order valence-electron chi connectivity index (χ0n) is 6.85. The fourth-order valence-corrected chi connectivity index (χ4v) is 1.36. The summed E-state index contributed by atoms with van der Waals surface area (Å²) in [5, 5.41) is 26.9. The molecule has 0 amide bonds. The molecule has 9 heteroatoms. The maximum absolute atomic E-state index is 10.0. The second kappa shape index (κ2) is 4.21. The van der Waals surface area contributed by atoms with Gasteiger partial charge in [-0.25, -0.2) is 0 Å². The van der Waals surface area contributed by atoms with Crippen LogP contribution in [0.1, 0.15) is 0 Å². The van der Waals surface area contributed by atoms with Crippen molar-refractivity contribution in [3.8, 4) is 0 Å². The van der Waals surface area contributed by atoms with Crippen molar-refractivity contribution in [1.29, 1.82) is 0 Å². The van der Waals surface area contributed by atoms with Gasteiger partial charge in [-0.3, -0.25) is 0 Å². The largest absolute Gasteiger partial charge is 0.790 e. The monoisotopic (exact) mass is 228 g/mol. The van der Waals surface area contributed by atoms with Crippen LogP contribution in [0.4, 0.5) is 0 Å². The molecule has 0 unspecified atom stereocenters. The van der Waals surface area contributed by atoms with E-state index in [-0.39, 0.29) is 0 Å². The fourth-order valence-electron chi connectivity index (χ4n) is 1.03. The highest BCUT2D eigenvalue weighted by atomic mass is 31.2. The third-order valence-electron chi connectivity index (χ3n) is 1.73. The van der Waals surface area contributed by atoms with Gasteiger partial charge < -0.3 is 38.9 Å². The lowest BCUT2D eigenvalue weighted by molar-refractivity contribution is -0.343. The Morgan fingerprint density at radius 2 is 1.86 bits per heavy atom. The van der Waals surface area contributed by atoms with Gasteiger partial charge in [-0.15, -0.1) is 0 Å². The third-order valence-corrected chi connectivity index (χ3v) is 2.20.